The first-order valence-electron chi connectivity index (χ1n) is 4.52. The van der Waals surface area contributed by atoms with Crippen molar-refractivity contribution in [2.24, 2.45) is 0 Å². The Balaban J connectivity index is 2.18. The summed E-state index contributed by atoms with van der Waals surface area (Å²) in [7, 11) is 0. The monoisotopic (exact) mass is 176 g/mol. The molecule has 13 heavy (non-hydrogen) atoms. The van der Waals surface area contributed by atoms with E-state index in [4.69, 9.17) is 4.74 Å². The maximum Gasteiger partial charge on any atom is 0.150 e. The van der Waals surface area contributed by atoms with Crippen LogP contribution < -0.4 is 4.74 Å². The van der Waals surface area contributed by atoms with Crippen molar-refractivity contribution >= 4 is 6.29 Å². The van der Waals surface area contributed by atoms with Gasteiger partial charge < -0.3 is 4.74 Å². The van der Waals surface area contributed by atoms with Gasteiger partial charge in [0.15, 0.2) is 0 Å². The van der Waals surface area contributed by atoms with Crippen LogP contribution in [0.4, 0.5) is 0 Å². The number of rotatable bonds is 3. The largest absolute Gasteiger partial charge is 0.490 e. The van der Waals surface area contributed by atoms with E-state index in [9.17, 15) is 4.79 Å². The average molecular weight is 176 g/mol. The standard InChI is InChI=1S/C11H12O2/c1-8-6-11(13-10-4-5-10)3-2-9(8)7-12/h2-3,6-7,10H,4-5H2,1H3. The fourth-order valence-electron chi connectivity index (χ4n) is 1.23. The van der Waals surface area contributed by atoms with Gasteiger partial charge in [0, 0.05) is 5.56 Å². The third-order valence-corrected chi connectivity index (χ3v) is 2.20. The third kappa shape index (κ3) is 1.89. The molecule has 2 rings (SSSR count). The van der Waals surface area contributed by atoms with Crippen molar-refractivity contribution in [3.8, 4) is 5.75 Å². The number of ether oxygens (including phenoxy) is 1. The molecule has 0 aromatic heterocycles. The molecule has 0 amide bonds. The van der Waals surface area contributed by atoms with Gasteiger partial charge in [-0.15, -0.1) is 0 Å². The zero-order valence-electron chi connectivity index (χ0n) is 7.62. The molecule has 0 spiro atoms. The van der Waals surface area contributed by atoms with Crippen molar-refractivity contribution in [2.75, 3.05) is 0 Å². The van der Waals surface area contributed by atoms with Crippen molar-refractivity contribution in [3.05, 3.63) is 29.3 Å². The third-order valence-electron chi connectivity index (χ3n) is 2.20. The van der Waals surface area contributed by atoms with Gasteiger partial charge in [-0.05, 0) is 43.5 Å². The zero-order valence-corrected chi connectivity index (χ0v) is 7.62. The molecule has 0 aliphatic heterocycles. The molecule has 1 aromatic carbocycles. The number of benzene rings is 1. The van der Waals surface area contributed by atoms with Gasteiger partial charge in [-0.1, -0.05) is 0 Å². The number of aryl methyl sites for hydroxylation is 1. The summed E-state index contributed by atoms with van der Waals surface area (Å²) < 4.78 is 5.59. The van der Waals surface area contributed by atoms with Gasteiger partial charge in [0.2, 0.25) is 0 Å². The van der Waals surface area contributed by atoms with E-state index in [1.807, 2.05) is 19.1 Å². The summed E-state index contributed by atoms with van der Waals surface area (Å²) in [6, 6.07) is 5.58. The Labute approximate surface area is 77.5 Å². The molecule has 0 N–H and O–H groups in total. The fourth-order valence-corrected chi connectivity index (χ4v) is 1.23. The highest BCUT2D eigenvalue weighted by atomic mass is 16.5. The second kappa shape index (κ2) is 3.21. The lowest BCUT2D eigenvalue weighted by Crippen LogP contribution is -1.96. The van der Waals surface area contributed by atoms with Crippen LogP contribution >= 0.6 is 0 Å². The molecular formula is C11H12O2. The summed E-state index contributed by atoms with van der Waals surface area (Å²) in [4.78, 5) is 10.5. The first-order chi connectivity index (χ1) is 6.29. The number of hydrogen-bond donors (Lipinski definition) is 0. The zero-order chi connectivity index (χ0) is 9.26. The van der Waals surface area contributed by atoms with Crippen LogP contribution in [-0.4, -0.2) is 12.4 Å². The van der Waals surface area contributed by atoms with Gasteiger partial charge in [-0.25, -0.2) is 0 Å². The van der Waals surface area contributed by atoms with Gasteiger partial charge >= 0.3 is 0 Å². The number of hydrogen-bond acceptors (Lipinski definition) is 2. The van der Waals surface area contributed by atoms with Crippen molar-refractivity contribution < 1.29 is 9.53 Å². The van der Waals surface area contributed by atoms with Crippen LogP contribution in [-0.2, 0) is 0 Å². The molecular weight excluding hydrogens is 164 g/mol. The van der Waals surface area contributed by atoms with Gasteiger partial charge in [-0.2, -0.15) is 0 Å². The highest BCUT2D eigenvalue weighted by Crippen LogP contribution is 2.27. The maximum atomic E-state index is 10.5. The van der Waals surface area contributed by atoms with Crippen LogP contribution in [0.25, 0.3) is 0 Å². The van der Waals surface area contributed by atoms with E-state index in [1.165, 1.54) is 0 Å². The quantitative estimate of drug-likeness (QED) is 0.661. The van der Waals surface area contributed by atoms with Crippen molar-refractivity contribution in [3.63, 3.8) is 0 Å². The first kappa shape index (κ1) is 8.30. The molecule has 0 heterocycles. The number of aldehydes is 1. The van der Waals surface area contributed by atoms with Gasteiger partial charge in [0.05, 0.1) is 6.10 Å². The minimum absolute atomic E-state index is 0.418. The number of carbonyl (C=O) groups excluding carboxylic acids is 1. The summed E-state index contributed by atoms with van der Waals surface area (Å²) in [5, 5.41) is 0. The van der Waals surface area contributed by atoms with Crippen LogP contribution in [0.5, 0.6) is 5.75 Å². The average Bonchev–Trinajstić information content (AvgIpc) is 2.89. The lowest BCUT2D eigenvalue weighted by Gasteiger charge is -2.05. The Kier molecular flexibility index (Phi) is 2.05. The van der Waals surface area contributed by atoms with E-state index in [2.05, 4.69) is 0 Å². The van der Waals surface area contributed by atoms with Gasteiger partial charge in [0.1, 0.15) is 12.0 Å². The Hall–Kier alpha value is -1.31. The van der Waals surface area contributed by atoms with E-state index in [0.717, 1.165) is 36.0 Å². The molecule has 0 unspecified atom stereocenters. The minimum atomic E-state index is 0.418. The predicted molar refractivity (Wildman–Crippen MR) is 50.2 cm³/mol. The highest BCUT2D eigenvalue weighted by molar-refractivity contribution is 5.77. The molecule has 0 saturated heterocycles. The molecule has 1 aliphatic carbocycles. The van der Waals surface area contributed by atoms with E-state index >= 15 is 0 Å². The molecule has 68 valence electrons. The molecule has 0 bridgehead atoms. The normalized spacial score (nSPS) is 15.5. The molecule has 1 aliphatic rings. The number of carbonyl (C=O) groups is 1. The van der Waals surface area contributed by atoms with Gasteiger partial charge in [-0.3, -0.25) is 4.79 Å². The minimum Gasteiger partial charge on any atom is -0.490 e. The fraction of sp³-hybridized carbons (Fsp3) is 0.364. The summed E-state index contributed by atoms with van der Waals surface area (Å²) in [6.45, 7) is 1.92. The van der Waals surface area contributed by atoms with Crippen molar-refractivity contribution in [1.82, 2.24) is 0 Å². The highest BCUT2D eigenvalue weighted by Gasteiger charge is 2.23. The topological polar surface area (TPSA) is 26.3 Å². The van der Waals surface area contributed by atoms with Crippen LogP contribution in [0.3, 0.4) is 0 Å². The van der Waals surface area contributed by atoms with E-state index in [1.54, 1.807) is 6.07 Å². The molecule has 2 heteroatoms. The molecule has 1 saturated carbocycles. The van der Waals surface area contributed by atoms with Crippen LogP contribution in [0.2, 0.25) is 0 Å². The predicted octanol–water partition coefficient (Wildman–Crippen LogP) is 2.35. The molecule has 1 fully saturated rings. The summed E-state index contributed by atoms with van der Waals surface area (Å²) in [6.07, 6.45) is 3.61. The molecule has 0 radical (unpaired) electrons. The first-order valence-corrected chi connectivity index (χ1v) is 4.52. The van der Waals surface area contributed by atoms with Crippen molar-refractivity contribution in [2.45, 2.75) is 25.9 Å². The lowest BCUT2D eigenvalue weighted by molar-refractivity contribution is 0.112. The Morgan fingerprint density at radius 2 is 2.23 bits per heavy atom. The maximum absolute atomic E-state index is 10.5. The second-order valence-corrected chi connectivity index (χ2v) is 3.45. The lowest BCUT2D eigenvalue weighted by atomic mass is 10.1. The summed E-state index contributed by atoms with van der Waals surface area (Å²) >= 11 is 0. The van der Waals surface area contributed by atoms with Crippen LogP contribution in [0.1, 0.15) is 28.8 Å². The Morgan fingerprint density at radius 3 is 2.77 bits per heavy atom. The molecule has 1 aromatic rings. The SMILES string of the molecule is Cc1cc(OC2CC2)ccc1C=O. The summed E-state index contributed by atoms with van der Waals surface area (Å²) in [5.41, 5.74) is 1.72. The van der Waals surface area contributed by atoms with E-state index in [-0.39, 0.29) is 0 Å². The van der Waals surface area contributed by atoms with Crippen LogP contribution in [0.15, 0.2) is 18.2 Å². The second-order valence-electron chi connectivity index (χ2n) is 3.45. The molecule has 2 nitrogen and oxygen atoms in total. The smallest absolute Gasteiger partial charge is 0.150 e. The Bertz CT molecular complexity index is 327. The van der Waals surface area contributed by atoms with Gasteiger partial charge in [0.25, 0.3) is 0 Å². The van der Waals surface area contributed by atoms with E-state index in [0.29, 0.717) is 6.10 Å². The molecule has 0 atom stereocenters. The van der Waals surface area contributed by atoms with Crippen LogP contribution in [0, 0.1) is 6.92 Å². The van der Waals surface area contributed by atoms with Crippen molar-refractivity contribution in [1.29, 1.82) is 0 Å². The Morgan fingerprint density at radius 1 is 1.46 bits per heavy atom. The summed E-state index contributed by atoms with van der Waals surface area (Å²) in [5.74, 6) is 0.880. The van der Waals surface area contributed by atoms with E-state index < -0.39 is 0 Å².